The minimum Gasteiger partial charge on any atom is -0.481 e. The Morgan fingerprint density at radius 2 is 2.26 bits per heavy atom. The zero-order chi connectivity index (χ0) is 14.1. The van der Waals surface area contributed by atoms with Crippen molar-refractivity contribution in [1.29, 1.82) is 0 Å². The van der Waals surface area contributed by atoms with Crippen molar-refractivity contribution >= 4 is 5.91 Å². The highest BCUT2D eigenvalue weighted by atomic mass is 16.5. The third-order valence-electron chi connectivity index (χ3n) is 2.99. The van der Waals surface area contributed by atoms with Crippen LogP contribution in [-0.4, -0.2) is 36.3 Å². The average Bonchev–Trinajstić information content (AvgIpc) is 2.45. The van der Waals surface area contributed by atoms with E-state index >= 15 is 0 Å². The van der Waals surface area contributed by atoms with Crippen LogP contribution in [0.5, 0.6) is 5.88 Å². The Hall–Kier alpha value is -1.62. The van der Waals surface area contributed by atoms with Gasteiger partial charge in [0.15, 0.2) is 0 Å². The van der Waals surface area contributed by atoms with Crippen molar-refractivity contribution in [2.75, 3.05) is 20.3 Å². The minimum atomic E-state index is -0.144. The van der Waals surface area contributed by atoms with Gasteiger partial charge in [-0.05, 0) is 24.8 Å². The number of hydrogen-bond acceptors (Lipinski definition) is 4. The van der Waals surface area contributed by atoms with Gasteiger partial charge in [-0.15, -0.1) is 0 Å². The number of hydrogen-bond donors (Lipinski definition) is 2. The lowest BCUT2D eigenvalue weighted by atomic mass is 10.0. The molecular weight excluding hydrogens is 244 g/mol. The second-order valence-corrected chi connectivity index (χ2v) is 4.47. The first kappa shape index (κ1) is 15.4. The molecule has 0 bridgehead atoms. The number of carbonyl (C=O) groups is 1. The van der Waals surface area contributed by atoms with E-state index in [-0.39, 0.29) is 12.5 Å². The Kier molecular flexibility index (Phi) is 6.89. The summed E-state index contributed by atoms with van der Waals surface area (Å²) >= 11 is 0. The monoisotopic (exact) mass is 266 g/mol. The molecule has 1 unspecified atom stereocenters. The van der Waals surface area contributed by atoms with E-state index in [0.717, 1.165) is 19.3 Å². The Labute approximate surface area is 114 Å². The van der Waals surface area contributed by atoms with Gasteiger partial charge in [0.25, 0.3) is 5.91 Å². The lowest BCUT2D eigenvalue weighted by Gasteiger charge is -2.15. The van der Waals surface area contributed by atoms with Crippen LogP contribution in [0.4, 0.5) is 0 Å². The zero-order valence-corrected chi connectivity index (χ0v) is 11.6. The molecule has 5 heteroatoms. The quantitative estimate of drug-likeness (QED) is 0.750. The van der Waals surface area contributed by atoms with Gasteiger partial charge in [0.1, 0.15) is 0 Å². The third-order valence-corrected chi connectivity index (χ3v) is 2.99. The number of nitrogens with zero attached hydrogens (tertiary/aromatic N) is 1. The van der Waals surface area contributed by atoms with Crippen LogP contribution in [0.15, 0.2) is 18.3 Å². The summed E-state index contributed by atoms with van der Waals surface area (Å²) in [7, 11) is 1.53. The zero-order valence-electron chi connectivity index (χ0n) is 11.6. The molecule has 0 saturated heterocycles. The van der Waals surface area contributed by atoms with Crippen LogP contribution in [0.25, 0.3) is 0 Å². The van der Waals surface area contributed by atoms with Gasteiger partial charge in [0.05, 0.1) is 12.7 Å². The standard InChI is InChI=1S/C14H22N2O3/c1-3-4-11(7-8-17)9-16-14(18)12-5-6-13(19-2)15-10-12/h5-6,10-11,17H,3-4,7-9H2,1-2H3,(H,16,18). The van der Waals surface area contributed by atoms with Crippen LogP contribution in [0.3, 0.4) is 0 Å². The van der Waals surface area contributed by atoms with Gasteiger partial charge in [0.2, 0.25) is 5.88 Å². The number of pyridine rings is 1. The van der Waals surface area contributed by atoms with Crippen molar-refractivity contribution in [3.05, 3.63) is 23.9 Å². The van der Waals surface area contributed by atoms with E-state index in [1.54, 1.807) is 12.1 Å². The fraction of sp³-hybridized carbons (Fsp3) is 0.571. The minimum absolute atomic E-state index is 0.144. The van der Waals surface area contributed by atoms with Crippen molar-refractivity contribution in [2.45, 2.75) is 26.2 Å². The number of rotatable bonds is 8. The lowest BCUT2D eigenvalue weighted by Crippen LogP contribution is -2.29. The fourth-order valence-corrected chi connectivity index (χ4v) is 1.91. The van der Waals surface area contributed by atoms with Gasteiger partial charge in [-0.2, -0.15) is 0 Å². The normalized spacial score (nSPS) is 11.9. The van der Waals surface area contributed by atoms with Crippen molar-refractivity contribution in [3.8, 4) is 5.88 Å². The third kappa shape index (κ3) is 5.26. The summed E-state index contributed by atoms with van der Waals surface area (Å²) in [4.78, 5) is 15.9. The molecule has 1 rings (SSSR count). The molecule has 1 aromatic heterocycles. The summed E-state index contributed by atoms with van der Waals surface area (Å²) in [6, 6.07) is 3.34. The molecule has 0 spiro atoms. The molecule has 0 aliphatic heterocycles. The largest absolute Gasteiger partial charge is 0.481 e. The molecule has 0 aromatic carbocycles. The van der Waals surface area contributed by atoms with Crippen LogP contribution in [0.1, 0.15) is 36.5 Å². The molecule has 1 aromatic rings. The first-order valence-corrected chi connectivity index (χ1v) is 6.60. The van der Waals surface area contributed by atoms with Crippen LogP contribution in [-0.2, 0) is 0 Å². The van der Waals surface area contributed by atoms with Gasteiger partial charge in [-0.1, -0.05) is 13.3 Å². The Morgan fingerprint density at radius 1 is 1.47 bits per heavy atom. The molecule has 0 fully saturated rings. The smallest absolute Gasteiger partial charge is 0.252 e. The SMILES string of the molecule is CCCC(CCO)CNC(=O)c1ccc(OC)nc1. The molecule has 0 radical (unpaired) electrons. The van der Waals surface area contributed by atoms with Gasteiger partial charge in [-0.3, -0.25) is 4.79 Å². The first-order valence-electron chi connectivity index (χ1n) is 6.60. The maximum absolute atomic E-state index is 11.9. The van der Waals surface area contributed by atoms with Gasteiger partial charge >= 0.3 is 0 Å². The number of amides is 1. The van der Waals surface area contributed by atoms with E-state index in [1.807, 2.05) is 0 Å². The highest BCUT2D eigenvalue weighted by Crippen LogP contribution is 2.10. The van der Waals surface area contributed by atoms with Crippen molar-refractivity contribution in [2.24, 2.45) is 5.92 Å². The number of aliphatic hydroxyl groups excluding tert-OH is 1. The van der Waals surface area contributed by atoms with Crippen LogP contribution in [0.2, 0.25) is 0 Å². The van der Waals surface area contributed by atoms with Crippen LogP contribution in [0, 0.1) is 5.92 Å². The maximum atomic E-state index is 11.9. The van der Waals surface area contributed by atoms with Crippen molar-refractivity contribution in [1.82, 2.24) is 10.3 Å². The number of aliphatic hydroxyl groups is 1. The van der Waals surface area contributed by atoms with E-state index in [2.05, 4.69) is 17.2 Å². The van der Waals surface area contributed by atoms with Gasteiger partial charge < -0.3 is 15.2 Å². The Morgan fingerprint density at radius 3 is 2.79 bits per heavy atom. The molecule has 5 nitrogen and oxygen atoms in total. The predicted molar refractivity (Wildman–Crippen MR) is 73.2 cm³/mol. The summed E-state index contributed by atoms with van der Waals surface area (Å²) in [6.45, 7) is 2.84. The summed E-state index contributed by atoms with van der Waals surface area (Å²) in [6.07, 6.45) is 4.26. The average molecular weight is 266 g/mol. The Balaban J connectivity index is 2.48. The fourth-order valence-electron chi connectivity index (χ4n) is 1.91. The molecule has 1 atom stereocenters. The summed E-state index contributed by atoms with van der Waals surface area (Å²) in [5.41, 5.74) is 0.514. The summed E-state index contributed by atoms with van der Waals surface area (Å²) in [5, 5.41) is 11.8. The molecule has 0 saturated carbocycles. The van der Waals surface area contributed by atoms with E-state index in [4.69, 9.17) is 9.84 Å². The number of carbonyl (C=O) groups excluding carboxylic acids is 1. The predicted octanol–water partition coefficient (Wildman–Crippen LogP) is 1.62. The first-order chi connectivity index (χ1) is 9.21. The van der Waals surface area contributed by atoms with E-state index in [1.165, 1.54) is 13.3 Å². The Bertz CT molecular complexity index is 373. The molecule has 19 heavy (non-hydrogen) atoms. The number of ether oxygens (including phenoxy) is 1. The summed E-state index contributed by atoms with van der Waals surface area (Å²) in [5.74, 6) is 0.667. The molecular formula is C14H22N2O3. The van der Waals surface area contributed by atoms with E-state index < -0.39 is 0 Å². The highest BCUT2D eigenvalue weighted by Gasteiger charge is 2.11. The second kappa shape index (κ2) is 8.48. The highest BCUT2D eigenvalue weighted by molar-refractivity contribution is 5.93. The van der Waals surface area contributed by atoms with E-state index in [0.29, 0.717) is 23.9 Å². The van der Waals surface area contributed by atoms with Crippen molar-refractivity contribution in [3.63, 3.8) is 0 Å². The van der Waals surface area contributed by atoms with Crippen LogP contribution >= 0.6 is 0 Å². The summed E-state index contributed by atoms with van der Waals surface area (Å²) < 4.78 is 4.94. The second-order valence-electron chi connectivity index (χ2n) is 4.47. The number of nitrogens with one attached hydrogen (secondary N) is 1. The topological polar surface area (TPSA) is 71.5 Å². The van der Waals surface area contributed by atoms with Crippen LogP contribution < -0.4 is 10.1 Å². The molecule has 0 aliphatic carbocycles. The van der Waals surface area contributed by atoms with Crippen molar-refractivity contribution < 1.29 is 14.6 Å². The van der Waals surface area contributed by atoms with E-state index in [9.17, 15) is 4.79 Å². The molecule has 1 amide bonds. The molecule has 2 N–H and O–H groups in total. The van der Waals surface area contributed by atoms with Gasteiger partial charge in [-0.25, -0.2) is 4.98 Å². The molecule has 106 valence electrons. The molecule has 0 aliphatic rings. The number of methoxy groups -OCH3 is 1. The maximum Gasteiger partial charge on any atom is 0.252 e. The van der Waals surface area contributed by atoms with Gasteiger partial charge in [0, 0.05) is 25.4 Å². The number of aromatic nitrogens is 1. The molecule has 1 heterocycles. The lowest BCUT2D eigenvalue weighted by molar-refractivity contribution is 0.0942.